The molecule has 0 radical (unpaired) electrons. The van der Waals surface area contributed by atoms with Crippen molar-refractivity contribution in [1.82, 2.24) is 9.55 Å². The molecule has 5 nitrogen and oxygen atoms in total. The molecule has 1 saturated heterocycles. The van der Waals surface area contributed by atoms with Crippen LogP contribution in [0, 0.1) is 13.8 Å². The quantitative estimate of drug-likeness (QED) is 0.947. The zero-order valence-electron chi connectivity index (χ0n) is 13.3. The molecule has 0 saturated carbocycles. The summed E-state index contributed by atoms with van der Waals surface area (Å²) in [6.07, 6.45) is 1.96. The topological polar surface area (TPSA) is 56.2 Å². The Balaban J connectivity index is 1.72. The number of alkyl halides is 1. The van der Waals surface area contributed by atoms with Gasteiger partial charge in [-0.1, -0.05) is 0 Å². The highest BCUT2D eigenvalue weighted by molar-refractivity contribution is 5.97. The SMILES string of the molecule is Cc1ncn(-c2ccc(NC(=O)C3(F)CCOCC3)cc2)c1C. The molecule has 0 unspecified atom stereocenters. The normalized spacial score (nSPS) is 17.0. The molecule has 6 heteroatoms. The summed E-state index contributed by atoms with van der Waals surface area (Å²) in [7, 11) is 0. The van der Waals surface area contributed by atoms with Crippen LogP contribution in [0.3, 0.4) is 0 Å². The molecule has 2 heterocycles. The summed E-state index contributed by atoms with van der Waals surface area (Å²) in [6.45, 7) is 4.51. The van der Waals surface area contributed by atoms with Gasteiger partial charge in [-0.05, 0) is 38.1 Å². The predicted molar refractivity (Wildman–Crippen MR) is 85.6 cm³/mol. The first-order chi connectivity index (χ1) is 11.0. The number of benzene rings is 1. The number of carbonyl (C=O) groups is 1. The third-order valence-corrected chi connectivity index (χ3v) is 4.35. The highest BCUT2D eigenvalue weighted by Gasteiger charge is 2.40. The molecule has 1 fully saturated rings. The summed E-state index contributed by atoms with van der Waals surface area (Å²) in [4.78, 5) is 16.4. The molecule has 1 aromatic carbocycles. The number of hydrogen-bond acceptors (Lipinski definition) is 3. The van der Waals surface area contributed by atoms with Crippen molar-refractivity contribution in [3.05, 3.63) is 42.0 Å². The van der Waals surface area contributed by atoms with E-state index in [-0.39, 0.29) is 26.1 Å². The smallest absolute Gasteiger partial charge is 0.262 e. The van der Waals surface area contributed by atoms with Crippen molar-refractivity contribution < 1.29 is 13.9 Å². The first-order valence-electron chi connectivity index (χ1n) is 7.69. The van der Waals surface area contributed by atoms with E-state index in [1.807, 2.05) is 30.5 Å². The molecule has 1 aliphatic rings. The molecule has 1 aromatic heterocycles. The molecular formula is C17H20FN3O2. The maximum atomic E-state index is 14.5. The third-order valence-electron chi connectivity index (χ3n) is 4.35. The molecule has 23 heavy (non-hydrogen) atoms. The molecule has 1 aliphatic heterocycles. The molecule has 1 N–H and O–H groups in total. The number of halogens is 1. The lowest BCUT2D eigenvalue weighted by Crippen LogP contribution is -2.43. The lowest BCUT2D eigenvalue weighted by atomic mass is 9.95. The van der Waals surface area contributed by atoms with Gasteiger partial charge >= 0.3 is 0 Å². The number of carbonyl (C=O) groups excluding carboxylic acids is 1. The van der Waals surface area contributed by atoms with Gasteiger partial charge in [-0.25, -0.2) is 9.37 Å². The lowest BCUT2D eigenvalue weighted by Gasteiger charge is -2.28. The van der Waals surface area contributed by atoms with Crippen molar-refractivity contribution in [2.24, 2.45) is 0 Å². The molecule has 2 aromatic rings. The van der Waals surface area contributed by atoms with E-state index in [0.717, 1.165) is 17.1 Å². The minimum absolute atomic E-state index is 0.102. The van der Waals surface area contributed by atoms with E-state index in [4.69, 9.17) is 4.74 Å². The van der Waals surface area contributed by atoms with Crippen LogP contribution in [-0.4, -0.2) is 34.3 Å². The molecular weight excluding hydrogens is 297 g/mol. The van der Waals surface area contributed by atoms with E-state index in [1.165, 1.54) is 0 Å². The van der Waals surface area contributed by atoms with Gasteiger partial charge in [0.25, 0.3) is 5.91 Å². The number of ether oxygens (including phenoxy) is 1. The van der Waals surface area contributed by atoms with Crippen molar-refractivity contribution in [3.63, 3.8) is 0 Å². The Bertz CT molecular complexity index is 703. The van der Waals surface area contributed by atoms with Gasteiger partial charge in [0, 0.05) is 29.9 Å². The van der Waals surface area contributed by atoms with Crippen molar-refractivity contribution >= 4 is 11.6 Å². The van der Waals surface area contributed by atoms with Crippen LogP contribution in [0.4, 0.5) is 10.1 Å². The second-order valence-corrected chi connectivity index (χ2v) is 5.86. The van der Waals surface area contributed by atoms with Gasteiger partial charge in [0.2, 0.25) is 0 Å². The number of nitrogens with one attached hydrogen (secondary N) is 1. The lowest BCUT2D eigenvalue weighted by molar-refractivity contribution is -0.133. The number of hydrogen-bond donors (Lipinski definition) is 1. The minimum atomic E-state index is -1.84. The third kappa shape index (κ3) is 3.12. The summed E-state index contributed by atoms with van der Waals surface area (Å²) < 4.78 is 21.6. The van der Waals surface area contributed by atoms with Crippen molar-refractivity contribution in [2.45, 2.75) is 32.4 Å². The molecule has 1 amide bonds. The summed E-state index contributed by atoms with van der Waals surface area (Å²) in [6, 6.07) is 7.28. The van der Waals surface area contributed by atoms with Gasteiger partial charge in [-0.2, -0.15) is 0 Å². The Morgan fingerprint density at radius 1 is 1.26 bits per heavy atom. The van der Waals surface area contributed by atoms with Crippen LogP contribution in [0.5, 0.6) is 0 Å². The fourth-order valence-corrected chi connectivity index (χ4v) is 2.63. The fraction of sp³-hybridized carbons (Fsp3) is 0.412. The Morgan fingerprint density at radius 2 is 1.91 bits per heavy atom. The van der Waals surface area contributed by atoms with Crippen molar-refractivity contribution in [2.75, 3.05) is 18.5 Å². The zero-order chi connectivity index (χ0) is 16.4. The van der Waals surface area contributed by atoms with Crippen LogP contribution in [0.15, 0.2) is 30.6 Å². The largest absolute Gasteiger partial charge is 0.381 e. The number of amides is 1. The molecule has 3 rings (SSSR count). The van der Waals surface area contributed by atoms with Crippen molar-refractivity contribution in [3.8, 4) is 5.69 Å². The van der Waals surface area contributed by atoms with Crippen molar-refractivity contribution in [1.29, 1.82) is 0 Å². The molecule has 122 valence electrons. The van der Waals surface area contributed by atoms with E-state index in [1.54, 1.807) is 18.5 Å². The van der Waals surface area contributed by atoms with E-state index >= 15 is 0 Å². The van der Waals surface area contributed by atoms with Crippen LogP contribution >= 0.6 is 0 Å². The summed E-state index contributed by atoms with van der Waals surface area (Å²) in [5.74, 6) is -0.594. The Kier molecular flexibility index (Phi) is 4.17. The van der Waals surface area contributed by atoms with E-state index < -0.39 is 11.6 Å². The van der Waals surface area contributed by atoms with Gasteiger partial charge in [-0.3, -0.25) is 4.79 Å². The number of aryl methyl sites for hydroxylation is 1. The first kappa shape index (κ1) is 15.7. The van der Waals surface area contributed by atoms with Gasteiger partial charge in [0.05, 0.1) is 25.2 Å². The van der Waals surface area contributed by atoms with Crippen LogP contribution in [0.25, 0.3) is 5.69 Å². The Morgan fingerprint density at radius 3 is 2.48 bits per heavy atom. The second-order valence-electron chi connectivity index (χ2n) is 5.86. The van der Waals surface area contributed by atoms with E-state index in [0.29, 0.717) is 5.69 Å². The fourth-order valence-electron chi connectivity index (χ4n) is 2.63. The summed E-state index contributed by atoms with van der Waals surface area (Å²) in [5.41, 5.74) is 1.72. The first-order valence-corrected chi connectivity index (χ1v) is 7.69. The standard InChI is InChI=1S/C17H20FN3O2/c1-12-13(2)21(11-19-12)15-5-3-14(4-6-15)20-16(22)17(18)7-9-23-10-8-17/h3-6,11H,7-10H2,1-2H3,(H,20,22). The number of rotatable bonds is 3. The number of aromatic nitrogens is 2. The highest BCUT2D eigenvalue weighted by Crippen LogP contribution is 2.27. The van der Waals surface area contributed by atoms with Gasteiger partial charge in [0.15, 0.2) is 5.67 Å². The number of nitrogens with zero attached hydrogens (tertiary/aromatic N) is 2. The monoisotopic (exact) mass is 317 g/mol. The van der Waals surface area contributed by atoms with Gasteiger partial charge in [0.1, 0.15) is 0 Å². The Hall–Kier alpha value is -2.21. The molecule has 0 aliphatic carbocycles. The maximum absolute atomic E-state index is 14.5. The Labute approximate surface area is 134 Å². The van der Waals surface area contributed by atoms with Crippen LogP contribution in [0.2, 0.25) is 0 Å². The zero-order valence-corrected chi connectivity index (χ0v) is 13.3. The number of imidazole rings is 1. The molecule has 0 spiro atoms. The maximum Gasteiger partial charge on any atom is 0.262 e. The molecule has 0 atom stereocenters. The highest BCUT2D eigenvalue weighted by atomic mass is 19.1. The molecule has 0 bridgehead atoms. The van der Waals surface area contributed by atoms with Gasteiger partial charge in [-0.15, -0.1) is 0 Å². The number of anilines is 1. The average Bonchev–Trinajstić information content (AvgIpc) is 2.88. The van der Waals surface area contributed by atoms with Crippen LogP contribution < -0.4 is 5.32 Å². The predicted octanol–water partition coefficient (Wildman–Crippen LogP) is 2.95. The van der Waals surface area contributed by atoms with Crippen LogP contribution in [0.1, 0.15) is 24.2 Å². The van der Waals surface area contributed by atoms with E-state index in [9.17, 15) is 9.18 Å². The van der Waals surface area contributed by atoms with E-state index in [2.05, 4.69) is 10.3 Å². The minimum Gasteiger partial charge on any atom is -0.381 e. The second kappa shape index (κ2) is 6.12. The summed E-state index contributed by atoms with van der Waals surface area (Å²) in [5, 5.41) is 2.66. The average molecular weight is 317 g/mol. The van der Waals surface area contributed by atoms with Crippen LogP contribution in [-0.2, 0) is 9.53 Å². The van der Waals surface area contributed by atoms with Gasteiger partial charge < -0.3 is 14.6 Å². The summed E-state index contributed by atoms with van der Waals surface area (Å²) >= 11 is 0.